The number of rotatable bonds is 3. The number of aromatic amines is 1. The van der Waals surface area contributed by atoms with Gasteiger partial charge in [0, 0.05) is 16.1 Å². The Labute approximate surface area is 143 Å². The molecule has 2 aromatic heterocycles. The number of nitrogens with zero attached hydrogens (tertiary/aromatic N) is 3. The normalized spacial score (nSPS) is 11.2. The van der Waals surface area contributed by atoms with Gasteiger partial charge >= 0.3 is 0 Å². The second-order valence-electron chi connectivity index (χ2n) is 4.45. The summed E-state index contributed by atoms with van der Waals surface area (Å²) in [5.41, 5.74) is 0.256. The van der Waals surface area contributed by atoms with Gasteiger partial charge in [0.05, 0.1) is 6.21 Å². The van der Waals surface area contributed by atoms with Gasteiger partial charge in [-0.15, -0.1) is 0 Å². The first kappa shape index (κ1) is 15.4. The third-order valence-corrected chi connectivity index (χ3v) is 3.68. The Hall–Kier alpha value is -2.52. The molecule has 1 aromatic carbocycles. The van der Waals surface area contributed by atoms with E-state index in [2.05, 4.69) is 31.2 Å². The number of halogens is 1. The van der Waals surface area contributed by atoms with E-state index in [-0.39, 0.29) is 5.76 Å². The van der Waals surface area contributed by atoms with Crippen LogP contribution in [0.3, 0.4) is 0 Å². The van der Waals surface area contributed by atoms with Crippen LogP contribution in [0.2, 0.25) is 0 Å². The van der Waals surface area contributed by atoms with E-state index in [0.717, 1.165) is 22.4 Å². The van der Waals surface area contributed by atoms with Crippen LogP contribution in [0.1, 0.15) is 5.76 Å². The molecule has 0 saturated heterocycles. The summed E-state index contributed by atoms with van der Waals surface area (Å²) < 4.78 is 7.70. The molecule has 0 aliphatic rings. The largest absolute Gasteiger partial charge is 0.502 e. The molecule has 116 valence electrons. The van der Waals surface area contributed by atoms with Crippen LogP contribution in [0.5, 0.6) is 5.75 Å². The number of aromatic nitrogens is 3. The predicted molar refractivity (Wildman–Crippen MR) is 90.2 cm³/mol. The average Bonchev–Trinajstić information content (AvgIpc) is 2.90. The van der Waals surface area contributed by atoms with Crippen molar-refractivity contribution in [3.63, 3.8) is 0 Å². The van der Waals surface area contributed by atoms with Crippen molar-refractivity contribution in [2.45, 2.75) is 0 Å². The maximum Gasteiger partial charge on any atom is 0.227 e. The predicted octanol–water partition coefficient (Wildman–Crippen LogP) is 2.91. The number of benzene rings is 1. The number of H-pyrrole nitrogens is 1. The minimum Gasteiger partial charge on any atom is -0.502 e. The van der Waals surface area contributed by atoms with Crippen molar-refractivity contribution < 1.29 is 9.52 Å². The fourth-order valence-corrected chi connectivity index (χ4v) is 2.23. The number of hydrogen-bond acceptors (Lipinski definition) is 6. The SMILES string of the molecule is O=c1cc(C=Nn2c(-c3ccc(Br)cc3)n[nH]c2=S)occ1O. The topological polar surface area (TPSA) is 96.4 Å². The molecule has 0 bridgehead atoms. The Morgan fingerprint density at radius 3 is 2.83 bits per heavy atom. The van der Waals surface area contributed by atoms with Gasteiger partial charge in [-0.25, -0.2) is 5.10 Å². The Bertz CT molecular complexity index is 988. The van der Waals surface area contributed by atoms with Gasteiger partial charge in [0.2, 0.25) is 10.2 Å². The van der Waals surface area contributed by atoms with Crippen molar-refractivity contribution in [3.05, 3.63) is 61.8 Å². The highest BCUT2D eigenvalue weighted by molar-refractivity contribution is 9.10. The molecular formula is C14H9BrN4O3S. The highest BCUT2D eigenvalue weighted by atomic mass is 79.9. The lowest BCUT2D eigenvalue weighted by molar-refractivity contribution is 0.427. The summed E-state index contributed by atoms with van der Waals surface area (Å²) in [5, 5.41) is 20.1. The zero-order valence-corrected chi connectivity index (χ0v) is 13.8. The van der Waals surface area contributed by atoms with Crippen molar-refractivity contribution in [3.8, 4) is 17.1 Å². The third-order valence-electron chi connectivity index (χ3n) is 2.89. The molecule has 0 fully saturated rings. The van der Waals surface area contributed by atoms with Crippen molar-refractivity contribution in [2.75, 3.05) is 0 Å². The second-order valence-corrected chi connectivity index (χ2v) is 5.75. The summed E-state index contributed by atoms with van der Waals surface area (Å²) in [4.78, 5) is 11.4. The number of hydrogen-bond donors (Lipinski definition) is 2. The standard InChI is InChI=1S/C14H9BrN4O3S/c15-9-3-1-8(2-4-9)13-17-18-14(23)19(13)16-6-10-5-11(20)12(21)7-22-10/h1-7,21H,(H,18,23). The Balaban J connectivity index is 2.00. The molecule has 3 aromatic rings. The maximum atomic E-state index is 11.4. The van der Waals surface area contributed by atoms with Gasteiger partial charge < -0.3 is 9.52 Å². The molecule has 2 N–H and O–H groups in total. The summed E-state index contributed by atoms with van der Waals surface area (Å²) in [7, 11) is 0. The van der Waals surface area contributed by atoms with Crippen molar-refractivity contribution in [1.29, 1.82) is 0 Å². The minimum absolute atomic E-state index is 0.178. The Kier molecular flexibility index (Phi) is 4.22. The van der Waals surface area contributed by atoms with Crippen LogP contribution in [0, 0.1) is 4.77 Å². The summed E-state index contributed by atoms with van der Waals surface area (Å²) in [6.45, 7) is 0. The van der Waals surface area contributed by atoms with Gasteiger partial charge in [-0.1, -0.05) is 28.1 Å². The van der Waals surface area contributed by atoms with Crippen molar-refractivity contribution in [2.24, 2.45) is 5.10 Å². The van der Waals surface area contributed by atoms with E-state index < -0.39 is 11.2 Å². The minimum atomic E-state index is -0.554. The van der Waals surface area contributed by atoms with E-state index in [1.807, 2.05) is 24.3 Å². The first-order chi connectivity index (χ1) is 11.0. The van der Waals surface area contributed by atoms with Gasteiger partial charge in [-0.05, 0) is 24.4 Å². The van der Waals surface area contributed by atoms with E-state index in [4.69, 9.17) is 21.7 Å². The average molecular weight is 393 g/mol. The summed E-state index contributed by atoms with van der Waals surface area (Å²) >= 11 is 8.52. The second kappa shape index (κ2) is 6.31. The van der Waals surface area contributed by atoms with Crippen molar-refractivity contribution in [1.82, 2.24) is 14.9 Å². The van der Waals surface area contributed by atoms with Gasteiger partial charge in [0.15, 0.2) is 17.3 Å². The van der Waals surface area contributed by atoms with Gasteiger partial charge in [-0.3, -0.25) is 4.79 Å². The molecule has 7 nitrogen and oxygen atoms in total. The molecule has 0 atom stereocenters. The van der Waals surface area contributed by atoms with Crippen LogP contribution in [0.25, 0.3) is 11.4 Å². The fourth-order valence-electron chi connectivity index (χ4n) is 1.79. The molecule has 0 radical (unpaired) electrons. The molecule has 0 saturated carbocycles. The quantitative estimate of drug-likeness (QED) is 0.527. The smallest absolute Gasteiger partial charge is 0.227 e. The molecule has 0 unspecified atom stereocenters. The first-order valence-corrected chi connectivity index (χ1v) is 7.54. The molecular weight excluding hydrogens is 384 g/mol. The van der Waals surface area contributed by atoms with Crippen LogP contribution < -0.4 is 5.43 Å². The molecule has 0 aliphatic heterocycles. The lowest BCUT2D eigenvalue weighted by atomic mass is 10.2. The maximum absolute atomic E-state index is 11.4. The molecule has 2 heterocycles. The van der Waals surface area contributed by atoms with Crippen molar-refractivity contribution >= 4 is 34.4 Å². The lowest BCUT2D eigenvalue weighted by Crippen LogP contribution is -2.00. The van der Waals surface area contributed by atoms with Gasteiger partial charge in [0.25, 0.3) is 0 Å². The van der Waals surface area contributed by atoms with Crippen LogP contribution in [-0.4, -0.2) is 26.2 Å². The molecule has 9 heteroatoms. The Morgan fingerprint density at radius 1 is 1.39 bits per heavy atom. The van der Waals surface area contributed by atoms with E-state index in [0.29, 0.717) is 10.6 Å². The van der Waals surface area contributed by atoms with Crippen LogP contribution in [-0.2, 0) is 0 Å². The molecule has 23 heavy (non-hydrogen) atoms. The third kappa shape index (κ3) is 3.30. The van der Waals surface area contributed by atoms with Crippen LogP contribution >= 0.6 is 28.1 Å². The van der Waals surface area contributed by atoms with E-state index >= 15 is 0 Å². The monoisotopic (exact) mass is 392 g/mol. The van der Waals surface area contributed by atoms with E-state index in [1.54, 1.807) is 0 Å². The number of aromatic hydroxyl groups is 1. The van der Waals surface area contributed by atoms with Crippen LogP contribution in [0.4, 0.5) is 0 Å². The van der Waals surface area contributed by atoms with E-state index in [1.165, 1.54) is 10.9 Å². The van der Waals surface area contributed by atoms with Gasteiger partial charge in [-0.2, -0.15) is 14.9 Å². The zero-order chi connectivity index (χ0) is 16.4. The lowest BCUT2D eigenvalue weighted by Gasteiger charge is -2.01. The first-order valence-electron chi connectivity index (χ1n) is 6.34. The summed E-state index contributed by atoms with van der Waals surface area (Å²) in [5.74, 6) is 0.232. The zero-order valence-electron chi connectivity index (χ0n) is 11.4. The van der Waals surface area contributed by atoms with E-state index in [9.17, 15) is 4.79 Å². The molecule has 0 spiro atoms. The highest BCUT2D eigenvalue weighted by Gasteiger charge is 2.08. The number of nitrogens with one attached hydrogen (secondary N) is 1. The van der Waals surface area contributed by atoms with Gasteiger partial charge in [0.1, 0.15) is 6.26 Å². The van der Waals surface area contributed by atoms with Crippen LogP contribution in [0.15, 0.2) is 55.4 Å². The Morgan fingerprint density at radius 2 is 2.13 bits per heavy atom. The highest BCUT2D eigenvalue weighted by Crippen LogP contribution is 2.20. The molecule has 0 aliphatic carbocycles. The fraction of sp³-hybridized carbons (Fsp3) is 0. The summed E-state index contributed by atoms with van der Waals surface area (Å²) in [6, 6.07) is 8.60. The molecule has 3 rings (SSSR count). The summed E-state index contributed by atoms with van der Waals surface area (Å²) in [6.07, 6.45) is 2.27. The molecule has 0 amide bonds.